The van der Waals surface area contributed by atoms with E-state index in [4.69, 9.17) is 8.94 Å². The molecule has 0 aromatic carbocycles. The van der Waals surface area contributed by atoms with Crippen molar-refractivity contribution >= 4 is 17.0 Å². The molecule has 0 unspecified atom stereocenters. The monoisotopic (exact) mass is 348 g/mol. The van der Waals surface area contributed by atoms with Gasteiger partial charge in [0, 0.05) is 26.0 Å². The molecule has 0 radical (unpaired) electrons. The van der Waals surface area contributed by atoms with Crippen LogP contribution in [0.4, 0.5) is 0 Å². The third kappa shape index (κ3) is 2.83. The lowest BCUT2D eigenvalue weighted by Crippen LogP contribution is -2.26. The first kappa shape index (κ1) is 16.0. The SMILES string of the molecule is Cc1noc2nc(-c3ccco3)cc(C(=O)N(C)Cc3ccncc3)c12. The molecule has 4 heterocycles. The average molecular weight is 348 g/mol. The van der Waals surface area contributed by atoms with Gasteiger partial charge in [0.2, 0.25) is 0 Å². The Hall–Kier alpha value is -3.48. The van der Waals surface area contributed by atoms with Gasteiger partial charge in [-0.2, -0.15) is 0 Å². The first-order valence-corrected chi connectivity index (χ1v) is 8.09. The molecule has 0 aliphatic rings. The summed E-state index contributed by atoms with van der Waals surface area (Å²) in [5.74, 6) is 0.417. The summed E-state index contributed by atoms with van der Waals surface area (Å²) < 4.78 is 10.7. The molecule has 26 heavy (non-hydrogen) atoms. The number of carbonyl (C=O) groups is 1. The summed E-state index contributed by atoms with van der Waals surface area (Å²) in [6.07, 6.45) is 4.97. The summed E-state index contributed by atoms with van der Waals surface area (Å²) in [4.78, 5) is 23.2. The highest BCUT2D eigenvalue weighted by Crippen LogP contribution is 2.28. The second-order valence-corrected chi connectivity index (χ2v) is 6.00. The van der Waals surface area contributed by atoms with Crippen molar-refractivity contribution < 1.29 is 13.7 Å². The standard InChI is InChI=1S/C19H16N4O3/c1-12-17-14(19(24)23(2)11-13-5-7-20-8-6-13)10-15(16-4-3-9-25-16)21-18(17)26-22-12/h3-10H,11H2,1-2H3. The van der Waals surface area contributed by atoms with Crippen LogP contribution in [-0.2, 0) is 6.54 Å². The fraction of sp³-hybridized carbons (Fsp3) is 0.158. The van der Waals surface area contributed by atoms with E-state index in [-0.39, 0.29) is 5.91 Å². The van der Waals surface area contributed by atoms with E-state index in [1.54, 1.807) is 55.7 Å². The number of furan rings is 1. The van der Waals surface area contributed by atoms with E-state index in [2.05, 4.69) is 15.1 Å². The van der Waals surface area contributed by atoms with E-state index < -0.39 is 0 Å². The molecule has 0 aliphatic carbocycles. The summed E-state index contributed by atoms with van der Waals surface area (Å²) in [6, 6.07) is 9.03. The molecule has 4 aromatic rings. The van der Waals surface area contributed by atoms with Crippen molar-refractivity contribution in [1.29, 1.82) is 0 Å². The molecule has 0 N–H and O–H groups in total. The van der Waals surface area contributed by atoms with Gasteiger partial charge in [-0.3, -0.25) is 9.78 Å². The van der Waals surface area contributed by atoms with Gasteiger partial charge in [0.1, 0.15) is 5.69 Å². The lowest BCUT2D eigenvalue weighted by molar-refractivity contribution is 0.0787. The van der Waals surface area contributed by atoms with Crippen LogP contribution in [0.25, 0.3) is 22.6 Å². The molecule has 7 nitrogen and oxygen atoms in total. The van der Waals surface area contributed by atoms with Crippen molar-refractivity contribution in [2.45, 2.75) is 13.5 Å². The number of carbonyl (C=O) groups excluding carboxylic acids is 1. The maximum absolute atomic E-state index is 13.1. The first-order valence-electron chi connectivity index (χ1n) is 8.09. The van der Waals surface area contributed by atoms with E-state index in [0.29, 0.717) is 40.4 Å². The number of aromatic nitrogens is 3. The van der Waals surface area contributed by atoms with Crippen LogP contribution >= 0.6 is 0 Å². The molecule has 0 fully saturated rings. The number of pyridine rings is 2. The lowest BCUT2D eigenvalue weighted by Gasteiger charge is -2.18. The topological polar surface area (TPSA) is 85.3 Å². The molecule has 130 valence electrons. The van der Waals surface area contributed by atoms with Gasteiger partial charge < -0.3 is 13.8 Å². The highest BCUT2D eigenvalue weighted by molar-refractivity contribution is 6.06. The van der Waals surface area contributed by atoms with Crippen molar-refractivity contribution in [3.05, 3.63) is 65.8 Å². The zero-order valence-corrected chi connectivity index (χ0v) is 14.3. The van der Waals surface area contributed by atoms with Crippen LogP contribution in [0, 0.1) is 6.92 Å². The summed E-state index contributed by atoms with van der Waals surface area (Å²) >= 11 is 0. The number of nitrogens with zero attached hydrogens (tertiary/aromatic N) is 4. The lowest BCUT2D eigenvalue weighted by atomic mass is 10.1. The van der Waals surface area contributed by atoms with Gasteiger partial charge in [0.15, 0.2) is 5.76 Å². The van der Waals surface area contributed by atoms with Crippen LogP contribution in [0.15, 0.2) is 57.9 Å². The Labute approximate surface area is 149 Å². The summed E-state index contributed by atoms with van der Waals surface area (Å²) in [7, 11) is 1.75. The van der Waals surface area contributed by atoms with E-state index >= 15 is 0 Å². The molecule has 1 amide bonds. The molecule has 7 heteroatoms. The van der Waals surface area contributed by atoms with E-state index in [0.717, 1.165) is 5.56 Å². The Balaban J connectivity index is 1.76. The normalized spacial score (nSPS) is 11.0. The third-order valence-electron chi connectivity index (χ3n) is 4.14. The molecular formula is C19H16N4O3. The largest absolute Gasteiger partial charge is 0.463 e. The predicted molar refractivity (Wildman–Crippen MR) is 94.3 cm³/mol. The van der Waals surface area contributed by atoms with Crippen LogP contribution in [0.5, 0.6) is 0 Å². The first-order chi connectivity index (χ1) is 12.6. The second-order valence-electron chi connectivity index (χ2n) is 6.00. The highest BCUT2D eigenvalue weighted by atomic mass is 16.5. The molecule has 0 aliphatic heterocycles. The minimum Gasteiger partial charge on any atom is -0.463 e. The highest BCUT2D eigenvalue weighted by Gasteiger charge is 2.22. The molecule has 4 aromatic heterocycles. The van der Waals surface area contributed by atoms with Crippen molar-refractivity contribution in [3.63, 3.8) is 0 Å². The maximum Gasteiger partial charge on any atom is 0.259 e. The van der Waals surface area contributed by atoms with Crippen LogP contribution in [0.2, 0.25) is 0 Å². The summed E-state index contributed by atoms with van der Waals surface area (Å²) in [6.45, 7) is 2.26. The van der Waals surface area contributed by atoms with Crippen molar-refractivity contribution in [2.24, 2.45) is 0 Å². The number of hydrogen-bond acceptors (Lipinski definition) is 6. The van der Waals surface area contributed by atoms with Gasteiger partial charge in [-0.05, 0) is 42.8 Å². The van der Waals surface area contributed by atoms with Crippen LogP contribution < -0.4 is 0 Å². The number of amides is 1. The second kappa shape index (κ2) is 6.44. The zero-order chi connectivity index (χ0) is 18.1. The quantitative estimate of drug-likeness (QED) is 0.561. The van der Waals surface area contributed by atoms with E-state index in [9.17, 15) is 4.79 Å². The van der Waals surface area contributed by atoms with Crippen LogP contribution in [0.1, 0.15) is 21.6 Å². The van der Waals surface area contributed by atoms with E-state index in [1.165, 1.54) is 0 Å². The van der Waals surface area contributed by atoms with Crippen LogP contribution in [-0.4, -0.2) is 33.0 Å². The fourth-order valence-corrected chi connectivity index (χ4v) is 2.85. The number of aryl methyl sites for hydroxylation is 1. The molecule has 0 spiro atoms. The minimum atomic E-state index is -0.145. The van der Waals surface area contributed by atoms with Crippen LogP contribution in [0.3, 0.4) is 0 Å². The number of fused-ring (bicyclic) bond motifs is 1. The molecular weight excluding hydrogens is 332 g/mol. The van der Waals surface area contributed by atoms with Crippen molar-refractivity contribution in [2.75, 3.05) is 7.05 Å². The van der Waals surface area contributed by atoms with Gasteiger partial charge in [-0.25, -0.2) is 4.98 Å². The zero-order valence-electron chi connectivity index (χ0n) is 14.3. The van der Waals surface area contributed by atoms with Crippen molar-refractivity contribution in [3.8, 4) is 11.5 Å². The Morgan fingerprint density at radius 2 is 2.04 bits per heavy atom. The minimum absolute atomic E-state index is 0.145. The van der Waals surface area contributed by atoms with Gasteiger partial charge in [-0.15, -0.1) is 0 Å². The van der Waals surface area contributed by atoms with Gasteiger partial charge in [0.05, 0.1) is 22.9 Å². The summed E-state index contributed by atoms with van der Waals surface area (Å²) in [5, 5.41) is 4.57. The molecule has 0 atom stereocenters. The van der Waals surface area contributed by atoms with Crippen molar-refractivity contribution in [1.82, 2.24) is 20.0 Å². The third-order valence-corrected chi connectivity index (χ3v) is 4.14. The van der Waals surface area contributed by atoms with E-state index in [1.807, 2.05) is 12.1 Å². The smallest absolute Gasteiger partial charge is 0.259 e. The Kier molecular flexibility index (Phi) is 3.96. The molecule has 4 rings (SSSR count). The summed E-state index contributed by atoms with van der Waals surface area (Å²) in [5.41, 5.74) is 2.95. The maximum atomic E-state index is 13.1. The average Bonchev–Trinajstić information content (AvgIpc) is 3.31. The molecule has 0 bridgehead atoms. The van der Waals surface area contributed by atoms with Gasteiger partial charge in [-0.1, -0.05) is 5.16 Å². The number of rotatable bonds is 4. The predicted octanol–water partition coefficient (Wildman–Crippen LogP) is 3.46. The Bertz CT molecular complexity index is 1060. The molecule has 0 saturated carbocycles. The Morgan fingerprint density at radius 1 is 1.23 bits per heavy atom. The Morgan fingerprint density at radius 3 is 2.77 bits per heavy atom. The molecule has 0 saturated heterocycles. The van der Waals surface area contributed by atoms with Gasteiger partial charge >= 0.3 is 0 Å². The van der Waals surface area contributed by atoms with Gasteiger partial charge in [0.25, 0.3) is 11.6 Å². The fourth-order valence-electron chi connectivity index (χ4n) is 2.85. The number of hydrogen-bond donors (Lipinski definition) is 0.